The molecule has 0 amide bonds. The van der Waals surface area contributed by atoms with E-state index in [4.69, 9.17) is 9.47 Å². The lowest BCUT2D eigenvalue weighted by molar-refractivity contribution is -0.130. The van der Waals surface area contributed by atoms with Crippen LogP contribution in [0.5, 0.6) is 5.75 Å². The maximum absolute atomic E-state index is 11.7. The third-order valence-corrected chi connectivity index (χ3v) is 3.12. The highest BCUT2D eigenvalue weighted by Gasteiger charge is 2.24. The molecule has 0 fully saturated rings. The summed E-state index contributed by atoms with van der Waals surface area (Å²) in [6.45, 7) is 5.95. The first-order valence-corrected chi connectivity index (χ1v) is 6.74. The molecule has 106 valence electrons. The van der Waals surface area contributed by atoms with Crippen molar-refractivity contribution in [1.29, 1.82) is 0 Å². The summed E-state index contributed by atoms with van der Waals surface area (Å²) in [5.74, 6) is 1.05. The second-order valence-electron chi connectivity index (χ2n) is 4.95. The third-order valence-electron chi connectivity index (χ3n) is 3.12. The summed E-state index contributed by atoms with van der Waals surface area (Å²) in [6.07, 6.45) is 2.61. The fourth-order valence-electron chi connectivity index (χ4n) is 2.00. The summed E-state index contributed by atoms with van der Waals surface area (Å²) in [6, 6.07) is 5.81. The topological polar surface area (TPSA) is 47.9 Å². The fraction of sp³-hybridized carbons (Fsp3) is 0.375. The van der Waals surface area contributed by atoms with E-state index in [2.05, 4.69) is 11.9 Å². The molecule has 20 heavy (non-hydrogen) atoms. The van der Waals surface area contributed by atoms with Gasteiger partial charge < -0.3 is 9.47 Å². The van der Waals surface area contributed by atoms with Crippen LogP contribution in [0.15, 0.2) is 28.9 Å². The monoisotopic (exact) mass is 273 g/mol. The zero-order valence-electron chi connectivity index (χ0n) is 12.3. The molecular weight excluding hydrogens is 254 g/mol. The molecule has 1 aromatic rings. The molecule has 4 nitrogen and oxygen atoms in total. The first-order chi connectivity index (χ1) is 9.55. The van der Waals surface area contributed by atoms with Crippen molar-refractivity contribution < 1.29 is 14.3 Å². The summed E-state index contributed by atoms with van der Waals surface area (Å²) in [4.78, 5) is 16.0. The van der Waals surface area contributed by atoms with E-state index in [0.717, 1.165) is 23.3 Å². The lowest BCUT2D eigenvalue weighted by atomic mass is 10.1. The second kappa shape index (κ2) is 5.90. The summed E-state index contributed by atoms with van der Waals surface area (Å²) in [5, 5.41) is 0. The van der Waals surface area contributed by atoms with Gasteiger partial charge in [-0.25, -0.2) is 9.79 Å². The molecule has 0 bridgehead atoms. The van der Waals surface area contributed by atoms with Gasteiger partial charge in [0.2, 0.25) is 5.90 Å². The zero-order chi connectivity index (χ0) is 14.7. The molecule has 4 heteroatoms. The fourth-order valence-corrected chi connectivity index (χ4v) is 2.00. The number of benzene rings is 1. The van der Waals surface area contributed by atoms with E-state index in [1.165, 1.54) is 0 Å². The molecule has 0 atom stereocenters. The lowest BCUT2D eigenvalue weighted by Crippen LogP contribution is -2.09. The van der Waals surface area contributed by atoms with E-state index in [9.17, 15) is 4.79 Å². The Morgan fingerprint density at radius 3 is 2.70 bits per heavy atom. The Balaban J connectivity index is 2.33. The number of carbonyl (C=O) groups excluding carboxylic acids is 1. The van der Waals surface area contributed by atoms with Crippen molar-refractivity contribution in [2.75, 3.05) is 7.11 Å². The van der Waals surface area contributed by atoms with Gasteiger partial charge in [-0.05, 0) is 35.8 Å². The first kappa shape index (κ1) is 14.3. The number of hydrogen-bond acceptors (Lipinski definition) is 4. The van der Waals surface area contributed by atoms with Crippen LogP contribution in [0.3, 0.4) is 0 Å². The molecule has 0 aromatic heterocycles. The zero-order valence-corrected chi connectivity index (χ0v) is 12.3. The van der Waals surface area contributed by atoms with Crippen molar-refractivity contribution in [2.45, 2.75) is 27.2 Å². The van der Waals surface area contributed by atoms with Crippen molar-refractivity contribution in [1.82, 2.24) is 0 Å². The first-order valence-electron chi connectivity index (χ1n) is 6.74. The van der Waals surface area contributed by atoms with Gasteiger partial charge in [-0.1, -0.05) is 26.8 Å². The van der Waals surface area contributed by atoms with Gasteiger partial charge in [-0.15, -0.1) is 0 Å². The van der Waals surface area contributed by atoms with Crippen LogP contribution in [0.2, 0.25) is 0 Å². The van der Waals surface area contributed by atoms with E-state index < -0.39 is 0 Å². The normalized spacial score (nSPS) is 16.6. The number of carbonyl (C=O) groups is 1. The molecule has 0 saturated carbocycles. The van der Waals surface area contributed by atoms with Crippen molar-refractivity contribution in [3.05, 3.63) is 35.0 Å². The van der Waals surface area contributed by atoms with Gasteiger partial charge >= 0.3 is 5.97 Å². The Morgan fingerprint density at radius 2 is 2.15 bits per heavy atom. The Hall–Kier alpha value is -2.10. The van der Waals surface area contributed by atoms with Crippen LogP contribution < -0.4 is 4.74 Å². The van der Waals surface area contributed by atoms with Gasteiger partial charge in [0.15, 0.2) is 5.70 Å². The van der Waals surface area contributed by atoms with Gasteiger partial charge in [0.1, 0.15) is 5.75 Å². The van der Waals surface area contributed by atoms with E-state index in [1.54, 1.807) is 13.2 Å². The maximum Gasteiger partial charge on any atom is 0.363 e. The minimum Gasteiger partial charge on any atom is -0.496 e. The van der Waals surface area contributed by atoms with Gasteiger partial charge in [-0.3, -0.25) is 0 Å². The predicted molar refractivity (Wildman–Crippen MR) is 78.7 cm³/mol. The summed E-state index contributed by atoms with van der Waals surface area (Å²) >= 11 is 0. The molecule has 0 saturated heterocycles. The Labute approximate surface area is 119 Å². The van der Waals surface area contributed by atoms with Crippen molar-refractivity contribution in [3.8, 4) is 5.75 Å². The van der Waals surface area contributed by atoms with Gasteiger partial charge in [0, 0.05) is 5.92 Å². The van der Waals surface area contributed by atoms with Crippen molar-refractivity contribution in [2.24, 2.45) is 10.9 Å². The van der Waals surface area contributed by atoms with Crippen LogP contribution in [-0.4, -0.2) is 19.0 Å². The molecule has 2 rings (SSSR count). The lowest BCUT2D eigenvalue weighted by Gasteiger charge is -2.07. The Morgan fingerprint density at radius 1 is 1.40 bits per heavy atom. The number of cyclic esters (lactones) is 1. The summed E-state index contributed by atoms with van der Waals surface area (Å²) < 4.78 is 10.4. The highest BCUT2D eigenvalue weighted by Crippen LogP contribution is 2.23. The van der Waals surface area contributed by atoms with Crippen LogP contribution in [0.25, 0.3) is 6.08 Å². The Bertz CT molecular complexity index is 585. The minimum absolute atomic E-state index is 0.104. The molecule has 1 heterocycles. The number of aliphatic imine (C=N–C) groups is 1. The van der Waals surface area contributed by atoms with Crippen LogP contribution in [0, 0.1) is 5.92 Å². The number of hydrogen-bond donors (Lipinski definition) is 0. The maximum atomic E-state index is 11.7. The molecule has 1 aromatic carbocycles. The van der Waals surface area contributed by atoms with Crippen LogP contribution >= 0.6 is 0 Å². The van der Waals surface area contributed by atoms with Gasteiger partial charge in [0.05, 0.1) is 7.11 Å². The highest BCUT2D eigenvalue weighted by atomic mass is 16.6. The minimum atomic E-state index is -0.387. The van der Waals surface area contributed by atoms with Crippen molar-refractivity contribution >= 4 is 17.9 Å². The molecule has 0 radical (unpaired) electrons. The molecule has 1 aliphatic heterocycles. The third kappa shape index (κ3) is 2.90. The highest BCUT2D eigenvalue weighted by molar-refractivity contribution is 6.07. The molecule has 1 aliphatic rings. The molecule has 0 aliphatic carbocycles. The van der Waals surface area contributed by atoms with Gasteiger partial charge in [0.25, 0.3) is 0 Å². The average Bonchev–Trinajstić information content (AvgIpc) is 2.80. The number of aryl methyl sites for hydroxylation is 1. The quantitative estimate of drug-likeness (QED) is 0.625. The van der Waals surface area contributed by atoms with E-state index in [-0.39, 0.29) is 11.9 Å². The number of rotatable bonds is 4. The summed E-state index contributed by atoms with van der Waals surface area (Å²) in [5.41, 5.74) is 2.37. The van der Waals surface area contributed by atoms with E-state index >= 15 is 0 Å². The SMILES string of the molecule is CCc1cc(/C=C2/N=C(C(C)C)OC2=O)ccc1OC. The second-order valence-corrected chi connectivity index (χ2v) is 4.95. The van der Waals surface area contributed by atoms with Gasteiger partial charge in [-0.2, -0.15) is 0 Å². The largest absolute Gasteiger partial charge is 0.496 e. The number of ether oxygens (including phenoxy) is 2. The van der Waals surface area contributed by atoms with Crippen LogP contribution in [0.1, 0.15) is 31.9 Å². The number of esters is 1. The molecule has 0 N–H and O–H groups in total. The van der Waals surface area contributed by atoms with Crippen LogP contribution in [0.4, 0.5) is 0 Å². The van der Waals surface area contributed by atoms with E-state index in [0.29, 0.717) is 11.6 Å². The number of nitrogens with zero attached hydrogens (tertiary/aromatic N) is 1. The Kier molecular flexibility index (Phi) is 4.23. The molecule has 0 spiro atoms. The predicted octanol–water partition coefficient (Wildman–Crippen LogP) is 3.21. The van der Waals surface area contributed by atoms with Crippen molar-refractivity contribution in [3.63, 3.8) is 0 Å². The number of methoxy groups -OCH3 is 1. The molecular formula is C16H19NO3. The average molecular weight is 273 g/mol. The molecule has 0 unspecified atom stereocenters. The summed E-state index contributed by atoms with van der Waals surface area (Å²) in [7, 11) is 1.65. The van der Waals surface area contributed by atoms with Crippen LogP contribution in [-0.2, 0) is 16.0 Å². The standard InChI is InChI=1S/C16H19NO3/c1-5-12-8-11(6-7-14(12)19-4)9-13-16(18)20-15(17-13)10(2)3/h6-10H,5H2,1-4H3/b13-9+. The van der Waals surface area contributed by atoms with E-state index in [1.807, 2.05) is 32.0 Å². The smallest absolute Gasteiger partial charge is 0.363 e.